The summed E-state index contributed by atoms with van der Waals surface area (Å²) >= 11 is 1.86. The molecule has 2 aromatic carbocycles. The van der Waals surface area contributed by atoms with Crippen LogP contribution in [0.4, 0.5) is 4.79 Å². The summed E-state index contributed by atoms with van der Waals surface area (Å²) in [6.45, 7) is 5.04. The maximum atomic E-state index is 12.4. The Morgan fingerprint density at radius 3 is 2.82 bits per heavy atom. The van der Waals surface area contributed by atoms with E-state index in [2.05, 4.69) is 58.0 Å². The molecule has 1 atom stereocenters. The number of amides is 2. The zero-order valence-electron chi connectivity index (χ0n) is 16.0. The van der Waals surface area contributed by atoms with Crippen molar-refractivity contribution in [2.24, 2.45) is 0 Å². The Labute approximate surface area is 170 Å². The molecule has 1 unspecified atom stereocenters. The van der Waals surface area contributed by atoms with Crippen molar-refractivity contribution in [2.45, 2.75) is 30.4 Å². The van der Waals surface area contributed by atoms with Gasteiger partial charge in [-0.1, -0.05) is 42.5 Å². The Morgan fingerprint density at radius 1 is 1.11 bits per heavy atom. The summed E-state index contributed by atoms with van der Waals surface area (Å²) in [5.41, 5.74) is 3.63. The van der Waals surface area contributed by atoms with E-state index in [-0.39, 0.29) is 12.1 Å². The predicted octanol–water partition coefficient (Wildman–Crippen LogP) is 3.56. The van der Waals surface area contributed by atoms with Crippen molar-refractivity contribution in [3.05, 3.63) is 65.2 Å². The highest BCUT2D eigenvalue weighted by Gasteiger charge is 2.21. The molecule has 148 valence electrons. The van der Waals surface area contributed by atoms with Crippen molar-refractivity contribution in [3.63, 3.8) is 0 Å². The number of ether oxygens (including phenoxy) is 1. The number of carbonyl (C=O) groups excluding carboxylic acids is 1. The summed E-state index contributed by atoms with van der Waals surface area (Å²) in [5.74, 6) is 1.03. The van der Waals surface area contributed by atoms with E-state index in [1.54, 1.807) is 0 Å². The van der Waals surface area contributed by atoms with Crippen LogP contribution in [-0.4, -0.2) is 43.0 Å². The van der Waals surface area contributed by atoms with Gasteiger partial charge in [0.05, 0.1) is 19.3 Å². The Bertz CT molecular complexity index is 808. The van der Waals surface area contributed by atoms with Crippen molar-refractivity contribution in [2.75, 3.05) is 32.1 Å². The summed E-state index contributed by atoms with van der Waals surface area (Å²) in [4.78, 5) is 16.1. The van der Waals surface area contributed by atoms with E-state index in [4.69, 9.17) is 4.74 Å². The van der Waals surface area contributed by atoms with E-state index in [1.165, 1.54) is 16.0 Å². The van der Waals surface area contributed by atoms with Gasteiger partial charge in [-0.3, -0.25) is 4.90 Å². The van der Waals surface area contributed by atoms with Crippen molar-refractivity contribution in [3.8, 4) is 0 Å². The van der Waals surface area contributed by atoms with Gasteiger partial charge in [0.2, 0.25) is 0 Å². The van der Waals surface area contributed by atoms with Crippen LogP contribution in [-0.2, 0) is 17.8 Å². The lowest BCUT2D eigenvalue weighted by Gasteiger charge is -2.27. The first-order chi connectivity index (χ1) is 13.8. The van der Waals surface area contributed by atoms with Crippen molar-refractivity contribution >= 4 is 17.8 Å². The number of nitrogens with zero attached hydrogens (tertiary/aromatic N) is 1. The average molecular weight is 398 g/mol. The van der Waals surface area contributed by atoms with E-state index in [9.17, 15) is 4.79 Å². The van der Waals surface area contributed by atoms with Crippen LogP contribution in [0.1, 0.15) is 29.2 Å². The fraction of sp³-hybridized carbons (Fsp3) is 0.409. The quantitative estimate of drug-likeness (QED) is 0.810. The van der Waals surface area contributed by atoms with Crippen molar-refractivity contribution < 1.29 is 9.53 Å². The summed E-state index contributed by atoms with van der Waals surface area (Å²) < 4.78 is 5.41. The number of rotatable bonds is 5. The molecule has 2 aromatic rings. The maximum Gasteiger partial charge on any atom is 0.315 e. The van der Waals surface area contributed by atoms with Gasteiger partial charge in [-0.25, -0.2) is 4.79 Å². The van der Waals surface area contributed by atoms with Crippen LogP contribution in [0.5, 0.6) is 0 Å². The molecule has 4 rings (SSSR count). The van der Waals surface area contributed by atoms with Gasteiger partial charge in [-0.05, 0) is 29.2 Å². The molecule has 2 aliphatic rings. The molecule has 0 bridgehead atoms. The van der Waals surface area contributed by atoms with Gasteiger partial charge < -0.3 is 15.4 Å². The Balaban J connectivity index is 1.30. The van der Waals surface area contributed by atoms with Gasteiger partial charge in [0.1, 0.15) is 0 Å². The highest BCUT2D eigenvalue weighted by Crippen LogP contribution is 2.35. The summed E-state index contributed by atoms with van der Waals surface area (Å²) in [6.07, 6.45) is 0.962. The third-order valence-electron chi connectivity index (χ3n) is 5.22. The van der Waals surface area contributed by atoms with Gasteiger partial charge in [-0.2, -0.15) is 0 Å². The molecule has 0 aliphatic carbocycles. The molecule has 28 heavy (non-hydrogen) atoms. The smallest absolute Gasteiger partial charge is 0.315 e. The molecule has 1 fully saturated rings. The minimum atomic E-state index is -0.106. The molecule has 0 spiro atoms. The fourth-order valence-corrected chi connectivity index (χ4v) is 4.86. The average Bonchev–Trinajstić information content (AvgIpc) is 2.74. The predicted molar refractivity (Wildman–Crippen MR) is 112 cm³/mol. The first-order valence-corrected chi connectivity index (χ1v) is 10.9. The standard InChI is InChI=1S/C22H27N3O2S/c26-22(24-20-8-13-28-21-7-2-1-6-19(20)21)23-15-17-4-3-5-18(14-17)16-25-9-11-27-12-10-25/h1-7,14,20H,8-13,15-16H2,(H2,23,24,26). The van der Waals surface area contributed by atoms with Crippen LogP contribution in [0, 0.1) is 0 Å². The van der Waals surface area contributed by atoms with Crippen LogP contribution in [0.15, 0.2) is 53.4 Å². The molecule has 2 amide bonds. The molecule has 0 saturated carbocycles. The molecular weight excluding hydrogens is 370 g/mol. The van der Waals surface area contributed by atoms with Crippen LogP contribution in [0.2, 0.25) is 0 Å². The Kier molecular flexibility index (Phi) is 6.52. The number of hydrogen-bond acceptors (Lipinski definition) is 4. The normalized spacial score (nSPS) is 19.6. The third kappa shape index (κ3) is 5.07. The van der Waals surface area contributed by atoms with E-state index < -0.39 is 0 Å². The molecule has 0 radical (unpaired) electrons. The lowest BCUT2D eigenvalue weighted by molar-refractivity contribution is 0.0342. The molecule has 2 heterocycles. The van der Waals surface area contributed by atoms with E-state index >= 15 is 0 Å². The maximum absolute atomic E-state index is 12.4. The number of urea groups is 1. The number of hydrogen-bond donors (Lipinski definition) is 2. The van der Waals surface area contributed by atoms with Crippen LogP contribution >= 0.6 is 11.8 Å². The first kappa shape index (κ1) is 19.3. The number of benzene rings is 2. The molecular formula is C22H27N3O2S. The van der Waals surface area contributed by atoms with Gasteiger partial charge in [-0.15, -0.1) is 11.8 Å². The summed E-state index contributed by atoms with van der Waals surface area (Å²) in [7, 11) is 0. The van der Waals surface area contributed by atoms with Crippen molar-refractivity contribution in [1.82, 2.24) is 15.5 Å². The van der Waals surface area contributed by atoms with E-state index in [1.807, 2.05) is 17.8 Å². The third-order valence-corrected chi connectivity index (χ3v) is 6.34. The second-order valence-electron chi connectivity index (χ2n) is 7.26. The van der Waals surface area contributed by atoms with Crippen molar-refractivity contribution in [1.29, 1.82) is 0 Å². The van der Waals surface area contributed by atoms with Gasteiger partial charge in [0, 0.05) is 36.8 Å². The van der Waals surface area contributed by atoms with Gasteiger partial charge in [0.15, 0.2) is 0 Å². The molecule has 6 heteroatoms. The molecule has 2 aliphatic heterocycles. The molecule has 1 saturated heterocycles. The minimum Gasteiger partial charge on any atom is -0.379 e. The molecule has 0 aromatic heterocycles. The SMILES string of the molecule is O=C(NCc1cccc(CN2CCOCC2)c1)NC1CCSc2ccccc21. The number of fused-ring (bicyclic) bond motifs is 1. The van der Waals surface area contributed by atoms with Crippen LogP contribution in [0.25, 0.3) is 0 Å². The number of morpholine rings is 1. The van der Waals surface area contributed by atoms with Crippen LogP contribution < -0.4 is 10.6 Å². The zero-order valence-corrected chi connectivity index (χ0v) is 16.8. The lowest BCUT2D eigenvalue weighted by Crippen LogP contribution is -2.38. The summed E-state index contributed by atoms with van der Waals surface area (Å²) in [5, 5.41) is 6.16. The second-order valence-corrected chi connectivity index (χ2v) is 8.40. The first-order valence-electron chi connectivity index (χ1n) is 9.92. The van der Waals surface area contributed by atoms with Gasteiger partial charge in [0.25, 0.3) is 0 Å². The number of nitrogens with one attached hydrogen (secondary N) is 2. The number of carbonyl (C=O) groups is 1. The minimum absolute atomic E-state index is 0.0881. The van der Waals surface area contributed by atoms with E-state index in [0.717, 1.165) is 50.6 Å². The summed E-state index contributed by atoms with van der Waals surface area (Å²) in [6, 6.07) is 16.8. The highest BCUT2D eigenvalue weighted by atomic mass is 32.2. The zero-order chi connectivity index (χ0) is 19.2. The fourth-order valence-electron chi connectivity index (χ4n) is 3.74. The highest BCUT2D eigenvalue weighted by molar-refractivity contribution is 7.99. The lowest BCUT2D eigenvalue weighted by atomic mass is 10.0. The van der Waals surface area contributed by atoms with Gasteiger partial charge >= 0.3 is 6.03 Å². The monoisotopic (exact) mass is 397 g/mol. The molecule has 5 nitrogen and oxygen atoms in total. The number of thioether (sulfide) groups is 1. The van der Waals surface area contributed by atoms with E-state index in [0.29, 0.717) is 6.54 Å². The van der Waals surface area contributed by atoms with Crippen LogP contribution in [0.3, 0.4) is 0 Å². The molecule has 2 N–H and O–H groups in total. The Hall–Kier alpha value is -2.02. The largest absolute Gasteiger partial charge is 0.379 e. The second kappa shape index (κ2) is 9.45. The Morgan fingerprint density at radius 2 is 1.93 bits per heavy atom. The topological polar surface area (TPSA) is 53.6 Å².